The first-order chi connectivity index (χ1) is 11.2. The number of hydrogen-bond donors (Lipinski definition) is 1. The quantitative estimate of drug-likeness (QED) is 0.819. The minimum Gasteiger partial charge on any atom is -0.462 e. The monoisotopic (exact) mass is 318 g/mol. The van der Waals surface area contributed by atoms with Gasteiger partial charge in [-0.1, -0.05) is 6.92 Å². The van der Waals surface area contributed by atoms with Crippen LogP contribution in [0.2, 0.25) is 0 Å². The van der Waals surface area contributed by atoms with E-state index in [-0.39, 0.29) is 18.4 Å². The van der Waals surface area contributed by atoms with Crippen LogP contribution in [-0.2, 0) is 9.53 Å². The molecule has 1 aromatic rings. The molecule has 1 saturated heterocycles. The topological polar surface area (TPSA) is 58.6 Å². The summed E-state index contributed by atoms with van der Waals surface area (Å²) in [6.07, 6.45) is 4.43. The molecule has 2 rings (SSSR count). The third-order valence-corrected chi connectivity index (χ3v) is 4.26. The Hall–Kier alpha value is -2.04. The molecule has 0 bridgehead atoms. The van der Waals surface area contributed by atoms with Crippen LogP contribution in [0.5, 0.6) is 0 Å². The number of hydrogen-bond acceptors (Lipinski definition) is 4. The van der Waals surface area contributed by atoms with E-state index in [1.807, 2.05) is 4.90 Å². The highest BCUT2D eigenvalue weighted by molar-refractivity contribution is 5.90. The van der Waals surface area contributed by atoms with Crippen LogP contribution in [0.4, 0.5) is 5.69 Å². The highest BCUT2D eigenvalue weighted by Gasteiger charge is 2.24. The van der Waals surface area contributed by atoms with Crippen molar-refractivity contribution in [3.63, 3.8) is 0 Å². The van der Waals surface area contributed by atoms with Gasteiger partial charge in [-0.05, 0) is 56.9 Å². The van der Waals surface area contributed by atoms with E-state index in [0.717, 1.165) is 31.5 Å². The number of carbonyl (C=O) groups is 2. The molecular formula is C18H26N2O3. The summed E-state index contributed by atoms with van der Waals surface area (Å²) in [7, 11) is 0. The van der Waals surface area contributed by atoms with E-state index >= 15 is 0 Å². The van der Waals surface area contributed by atoms with Crippen molar-refractivity contribution in [3.8, 4) is 0 Å². The molecule has 1 aromatic carbocycles. The van der Waals surface area contributed by atoms with Crippen LogP contribution < -0.4 is 5.32 Å². The van der Waals surface area contributed by atoms with Gasteiger partial charge in [0.2, 0.25) is 5.91 Å². The Balaban J connectivity index is 1.87. The predicted molar refractivity (Wildman–Crippen MR) is 90.5 cm³/mol. The minimum absolute atomic E-state index is 0.144. The molecule has 1 N–H and O–H groups in total. The van der Waals surface area contributed by atoms with Crippen molar-refractivity contribution >= 4 is 17.6 Å². The maximum atomic E-state index is 12.4. The summed E-state index contributed by atoms with van der Waals surface area (Å²) in [6, 6.07) is 7.39. The van der Waals surface area contributed by atoms with Crippen molar-refractivity contribution in [2.24, 2.45) is 0 Å². The molecule has 5 heteroatoms. The van der Waals surface area contributed by atoms with Gasteiger partial charge in [0.05, 0.1) is 18.7 Å². The molecule has 1 unspecified atom stereocenters. The number of ether oxygens (including phenoxy) is 1. The third kappa shape index (κ3) is 4.71. The fraction of sp³-hybridized carbons (Fsp3) is 0.556. The fourth-order valence-corrected chi connectivity index (χ4v) is 2.97. The first-order valence-corrected chi connectivity index (χ1v) is 8.46. The number of esters is 1. The summed E-state index contributed by atoms with van der Waals surface area (Å²) in [5, 5.41) is 3.14. The largest absolute Gasteiger partial charge is 0.462 e. The van der Waals surface area contributed by atoms with Gasteiger partial charge in [-0.2, -0.15) is 0 Å². The Kier molecular flexibility index (Phi) is 6.44. The second-order valence-corrected chi connectivity index (χ2v) is 5.80. The maximum absolute atomic E-state index is 12.4. The van der Waals surface area contributed by atoms with E-state index in [0.29, 0.717) is 18.2 Å². The van der Waals surface area contributed by atoms with E-state index in [9.17, 15) is 9.59 Å². The van der Waals surface area contributed by atoms with Gasteiger partial charge in [0.1, 0.15) is 0 Å². The smallest absolute Gasteiger partial charge is 0.338 e. The van der Waals surface area contributed by atoms with Gasteiger partial charge >= 0.3 is 5.97 Å². The molecule has 0 radical (unpaired) electrons. The van der Waals surface area contributed by atoms with Crippen LogP contribution in [0.3, 0.4) is 0 Å². The van der Waals surface area contributed by atoms with Crippen molar-refractivity contribution in [2.45, 2.75) is 45.6 Å². The van der Waals surface area contributed by atoms with Gasteiger partial charge in [-0.15, -0.1) is 0 Å². The standard InChI is InChI=1S/C18H26N2O3/c1-3-16-7-5-6-12-20(16)17(21)13-19-15-10-8-14(9-11-15)18(22)23-4-2/h8-11,16,19H,3-7,12-13H2,1-2H3. The van der Waals surface area contributed by atoms with Crippen molar-refractivity contribution in [3.05, 3.63) is 29.8 Å². The SMILES string of the molecule is CCOC(=O)c1ccc(NCC(=O)N2CCCCC2CC)cc1. The molecule has 1 fully saturated rings. The lowest BCUT2D eigenvalue weighted by Crippen LogP contribution is -2.45. The van der Waals surface area contributed by atoms with Crippen molar-refractivity contribution in [1.82, 2.24) is 4.90 Å². The normalized spacial score (nSPS) is 17.7. The predicted octanol–water partition coefficient (Wildman–Crippen LogP) is 3.07. The van der Waals surface area contributed by atoms with Crippen LogP contribution in [0.1, 0.15) is 49.9 Å². The van der Waals surface area contributed by atoms with E-state index in [1.165, 1.54) is 6.42 Å². The highest BCUT2D eigenvalue weighted by Crippen LogP contribution is 2.19. The van der Waals surface area contributed by atoms with Gasteiger partial charge in [0, 0.05) is 18.3 Å². The molecule has 0 saturated carbocycles. The Morgan fingerprint density at radius 2 is 1.96 bits per heavy atom. The molecule has 1 aliphatic heterocycles. The third-order valence-electron chi connectivity index (χ3n) is 4.26. The minimum atomic E-state index is -0.325. The molecule has 1 amide bonds. The Labute approximate surface area is 138 Å². The van der Waals surface area contributed by atoms with E-state index in [1.54, 1.807) is 31.2 Å². The number of amides is 1. The molecule has 1 heterocycles. The van der Waals surface area contributed by atoms with Crippen LogP contribution in [0.15, 0.2) is 24.3 Å². The zero-order chi connectivity index (χ0) is 16.7. The van der Waals surface area contributed by atoms with E-state index in [4.69, 9.17) is 4.74 Å². The number of piperidine rings is 1. The zero-order valence-corrected chi connectivity index (χ0v) is 14.0. The second kappa shape index (κ2) is 8.56. The second-order valence-electron chi connectivity index (χ2n) is 5.80. The van der Waals surface area contributed by atoms with Gasteiger partial charge in [-0.3, -0.25) is 4.79 Å². The van der Waals surface area contributed by atoms with Crippen molar-refractivity contribution in [1.29, 1.82) is 0 Å². The van der Waals surface area contributed by atoms with Crippen LogP contribution in [0.25, 0.3) is 0 Å². The van der Waals surface area contributed by atoms with Crippen LogP contribution in [0, 0.1) is 0 Å². The van der Waals surface area contributed by atoms with Crippen LogP contribution >= 0.6 is 0 Å². The van der Waals surface area contributed by atoms with Gasteiger partial charge < -0.3 is 15.0 Å². The number of carbonyl (C=O) groups excluding carboxylic acids is 2. The lowest BCUT2D eigenvalue weighted by molar-refractivity contribution is -0.133. The lowest BCUT2D eigenvalue weighted by Gasteiger charge is -2.35. The van der Waals surface area contributed by atoms with Gasteiger partial charge in [-0.25, -0.2) is 4.79 Å². The summed E-state index contributed by atoms with van der Waals surface area (Å²) >= 11 is 0. The number of benzene rings is 1. The number of anilines is 1. The number of nitrogens with zero attached hydrogens (tertiary/aromatic N) is 1. The van der Waals surface area contributed by atoms with Gasteiger partial charge in [0.15, 0.2) is 0 Å². The summed E-state index contributed by atoms with van der Waals surface area (Å²) in [5.41, 5.74) is 1.35. The molecule has 126 valence electrons. The maximum Gasteiger partial charge on any atom is 0.338 e. The fourth-order valence-electron chi connectivity index (χ4n) is 2.97. The molecular weight excluding hydrogens is 292 g/mol. The van der Waals surface area contributed by atoms with E-state index in [2.05, 4.69) is 12.2 Å². The molecule has 0 aromatic heterocycles. The van der Waals surface area contributed by atoms with Gasteiger partial charge in [0.25, 0.3) is 0 Å². The van der Waals surface area contributed by atoms with Crippen LogP contribution in [-0.4, -0.2) is 42.5 Å². The van der Waals surface area contributed by atoms with Crippen molar-refractivity contribution < 1.29 is 14.3 Å². The number of likely N-dealkylation sites (tertiary alicyclic amines) is 1. The molecule has 1 aliphatic rings. The first kappa shape index (κ1) is 17.3. The lowest BCUT2D eigenvalue weighted by atomic mass is 10.00. The molecule has 5 nitrogen and oxygen atoms in total. The van der Waals surface area contributed by atoms with Crippen molar-refractivity contribution in [2.75, 3.05) is 25.0 Å². The Morgan fingerprint density at radius 1 is 1.22 bits per heavy atom. The molecule has 23 heavy (non-hydrogen) atoms. The molecule has 0 aliphatic carbocycles. The number of rotatable bonds is 6. The summed E-state index contributed by atoms with van der Waals surface area (Å²) < 4.78 is 4.95. The first-order valence-electron chi connectivity index (χ1n) is 8.46. The summed E-state index contributed by atoms with van der Waals surface area (Å²) in [6.45, 7) is 5.43. The summed E-state index contributed by atoms with van der Waals surface area (Å²) in [4.78, 5) is 26.0. The molecule has 0 spiro atoms. The average Bonchev–Trinajstić information content (AvgIpc) is 2.60. The Bertz CT molecular complexity index is 528. The van der Waals surface area contributed by atoms with E-state index < -0.39 is 0 Å². The summed E-state index contributed by atoms with van der Waals surface area (Å²) in [5.74, 6) is -0.180. The molecule has 1 atom stereocenters. The number of nitrogens with one attached hydrogen (secondary N) is 1. The zero-order valence-electron chi connectivity index (χ0n) is 14.0. The average molecular weight is 318 g/mol. The highest BCUT2D eigenvalue weighted by atomic mass is 16.5. The Morgan fingerprint density at radius 3 is 2.61 bits per heavy atom.